The van der Waals surface area contributed by atoms with Crippen LogP contribution in [0.4, 0.5) is 0 Å². The van der Waals surface area contributed by atoms with Gasteiger partial charge in [-0.1, -0.05) is 19.1 Å². The summed E-state index contributed by atoms with van der Waals surface area (Å²) in [5.74, 6) is 1.75. The number of aryl methyl sites for hydroxylation is 2. The molecule has 1 aromatic carbocycles. The summed E-state index contributed by atoms with van der Waals surface area (Å²) in [6, 6.07) is 6.31. The lowest BCUT2D eigenvalue weighted by atomic mass is 10.1. The summed E-state index contributed by atoms with van der Waals surface area (Å²) in [5.41, 5.74) is 3.51. The number of ether oxygens (including phenoxy) is 1. The molecule has 0 bridgehead atoms. The molecule has 1 unspecified atom stereocenters. The number of rotatable bonds is 9. The summed E-state index contributed by atoms with van der Waals surface area (Å²) in [4.78, 5) is 4.74. The summed E-state index contributed by atoms with van der Waals surface area (Å²) >= 11 is 0. The minimum Gasteiger partial charge on any atom is -0.490 e. The summed E-state index contributed by atoms with van der Waals surface area (Å²) in [7, 11) is 1.93. The van der Waals surface area contributed by atoms with Crippen molar-refractivity contribution in [3.8, 4) is 5.75 Å². The molecule has 0 saturated heterocycles. The highest BCUT2D eigenvalue weighted by molar-refractivity contribution is 5.79. The minimum absolute atomic E-state index is 0.195. The van der Waals surface area contributed by atoms with Gasteiger partial charge in [0.1, 0.15) is 5.75 Å². The van der Waals surface area contributed by atoms with Crippen LogP contribution in [0.5, 0.6) is 5.75 Å². The van der Waals surface area contributed by atoms with Gasteiger partial charge in [-0.25, -0.2) is 4.99 Å². The van der Waals surface area contributed by atoms with E-state index in [0.29, 0.717) is 6.54 Å². The van der Waals surface area contributed by atoms with Gasteiger partial charge >= 0.3 is 0 Å². The molecule has 6 nitrogen and oxygen atoms in total. The molecule has 0 spiro atoms. The predicted molar refractivity (Wildman–Crippen MR) is 111 cm³/mol. The van der Waals surface area contributed by atoms with Crippen molar-refractivity contribution >= 4 is 5.96 Å². The topological polar surface area (TPSA) is 63.5 Å². The molecule has 2 N–H and O–H groups in total. The van der Waals surface area contributed by atoms with E-state index >= 15 is 0 Å². The van der Waals surface area contributed by atoms with Crippen LogP contribution in [0.1, 0.15) is 43.9 Å². The maximum absolute atomic E-state index is 6.09. The molecule has 1 aromatic heterocycles. The second kappa shape index (κ2) is 10.6. The Morgan fingerprint density at radius 1 is 1.30 bits per heavy atom. The number of nitrogens with one attached hydrogen (secondary N) is 2. The highest BCUT2D eigenvalue weighted by atomic mass is 16.5. The summed E-state index contributed by atoms with van der Waals surface area (Å²) < 4.78 is 7.91. The average molecular weight is 372 g/mol. The molecule has 1 atom stereocenters. The summed E-state index contributed by atoms with van der Waals surface area (Å²) in [6.07, 6.45) is 6.02. The van der Waals surface area contributed by atoms with E-state index in [2.05, 4.69) is 61.6 Å². The Balaban J connectivity index is 2.00. The van der Waals surface area contributed by atoms with Crippen LogP contribution in [0.25, 0.3) is 0 Å². The molecule has 27 heavy (non-hydrogen) atoms. The molecular weight excluding hydrogens is 338 g/mol. The van der Waals surface area contributed by atoms with Crippen LogP contribution < -0.4 is 15.4 Å². The average Bonchev–Trinajstić information content (AvgIpc) is 3.06. The third kappa shape index (κ3) is 6.96. The fraction of sp³-hybridized carbons (Fsp3) is 0.524. The van der Waals surface area contributed by atoms with E-state index in [0.717, 1.165) is 43.2 Å². The molecule has 0 radical (unpaired) electrons. The fourth-order valence-corrected chi connectivity index (χ4v) is 2.63. The zero-order chi connectivity index (χ0) is 19.6. The van der Waals surface area contributed by atoms with Gasteiger partial charge in [0, 0.05) is 31.9 Å². The number of nitrogens with zero attached hydrogens (tertiary/aromatic N) is 3. The van der Waals surface area contributed by atoms with Crippen molar-refractivity contribution < 1.29 is 4.74 Å². The molecule has 0 fully saturated rings. The van der Waals surface area contributed by atoms with E-state index in [1.807, 2.05) is 24.1 Å². The standard InChI is InChI=1S/C21H33N5O/c1-6-17(4)27-20-12-16(3)8-9-19(20)14-24-21(22-7-2)23-11-10-18-13-25-26(5)15-18/h8-9,12-13,15,17H,6-7,10-11,14H2,1-5H3,(H2,22,23,24). The third-order valence-electron chi connectivity index (χ3n) is 4.34. The van der Waals surface area contributed by atoms with E-state index in [4.69, 9.17) is 9.73 Å². The molecule has 6 heteroatoms. The fourth-order valence-electron chi connectivity index (χ4n) is 2.63. The lowest BCUT2D eigenvalue weighted by Crippen LogP contribution is -2.38. The van der Waals surface area contributed by atoms with Gasteiger partial charge in [-0.3, -0.25) is 4.68 Å². The van der Waals surface area contributed by atoms with Crippen molar-refractivity contribution in [1.29, 1.82) is 0 Å². The Hall–Kier alpha value is -2.50. The molecule has 1 heterocycles. The Bertz CT molecular complexity index is 738. The highest BCUT2D eigenvalue weighted by Crippen LogP contribution is 2.23. The second-order valence-corrected chi connectivity index (χ2v) is 6.84. The first-order chi connectivity index (χ1) is 13.0. The van der Waals surface area contributed by atoms with Gasteiger partial charge < -0.3 is 15.4 Å². The van der Waals surface area contributed by atoms with Crippen LogP contribution in [-0.2, 0) is 20.0 Å². The zero-order valence-corrected chi connectivity index (χ0v) is 17.2. The number of aromatic nitrogens is 2. The van der Waals surface area contributed by atoms with Gasteiger partial charge in [0.15, 0.2) is 5.96 Å². The van der Waals surface area contributed by atoms with Crippen LogP contribution in [0.15, 0.2) is 35.6 Å². The SMILES string of the molecule is CCNC(=NCc1ccc(C)cc1OC(C)CC)NCCc1cnn(C)c1. The molecule has 2 aromatic rings. The Morgan fingerprint density at radius 3 is 2.78 bits per heavy atom. The molecule has 0 amide bonds. The van der Waals surface area contributed by atoms with E-state index in [9.17, 15) is 0 Å². The maximum atomic E-state index is 6.09. The van der Waals surface area contributed by atoms with Gasteiger partial charge in [-0.15, -0.1) is 0 Å². The van der Waals surface area contributed by atoms with E-state index in [1.165, 1.54) is 11.1 Å². The predicted octanol–water partition coefficient (Wildman–Crippen LogP) is 3.20. The van der Waals surface area contributed by atoms with Crippen molar-refractivity contribution in [2.24, 2.45) is 12.0 Å². The minimum atomic E-state index is 0.195. The van der Waals surface area contributed by atoms with Gasteiger partial charge in [-0.2, -0.15) is 5.10 Å². The summed E-state index contributed by atoms with van der Waals surface area (Å²) in [5, 5.41) is 10.9. The monoisotopic (exact) mass is 371 g/mol. The molecule has 0 aliphatic heterocycles. The van der Waals surface area contributed by atoms with Gasteiger partial charge in [0.2, 0.25) is 0 Å². The molecule has 0 aliphatic rings. The molecule has 2 rings (SSSR count). The van der Waals surface area contributed by atoms with Crippen molar-refractivity contribution in [3.05, 3.63) is 47.3 Å². The molecule has 148 valence electrons. The van der Waals surface area contributed by atoms with Crippen LogP contribution in [0, 0.1) is 6.92 Å². The molecule has 0 aliphatic carbocycles. The number of hydrogen-bond donors (Lipinski definition) is 2. The summed E-state index contributed by atoms with van der Waals surface area (Å²) in [6.45, 7) is 10.6. The second-order valence-electron chi connectivity index (χ2n) is 6.84. The lowest BCUT2D eigenvalue weighted by molar-refractivity contribution is 0.215. The lowest BCUT2D eigenvalue weighted by Gasteiger charge is -2.17. The molecule has 0 saturated carbocycles. The smallest absolute Gasteiger partial charge is 0.191 e. The quantitative estimate of drug-likeness (QED) is 0.525. The largest absolute Gasteiger partial charge is 0.490 e. The Morgan fingerprint density at radius 2 is 2.11 bits per heavy atom. The van der Waals surface area contributed by atoms with Crippen molar-refractivity contribution in [3.63, 3.8) is 0 Å². The zero-order valence-electron chi connectivity index (χ0n) is 17.2. The van der Waals surface area contributed by atoms with E-state index in [-0.39, 0.29) is 6.10 Å². The first-order valence-electron chi connectivity index (χ1n) is 9.77. The van der Waals surface area contributed by atoms with Gasteiger partial charge in [0.25, 0.3) is 0 Å². The first-order valence-corrected chi connectivity index (χ1v) is 9.77. The van der Waals surface area contributed by atoms with Crippen LogP contribution in [-0.4, -0.2) is 34.9 Å². The van der Waals surface area contributed by atoms with Crippen LogP contribution >= 0.6 is 0 Å². The number of aliphatic imine (C=N–C) groups is 1. The van der Waals surface area contributed by atoms with Gasteiger partial charge in [0.05, 0.1) is 18.8 Å². The van der Waals surface area contributed by atoms with Crippen molar-refractivity contribution in [2.75, 3.05) is 13.1 Å². The maximum Gasteiger partial charge on any atom is 0.191 e. The number of benzene rings is 1. The van der Waals surface area contributed by atoms with E-state index in [1.54, 1.807) is 0 Å². The third-order valence-corrected chi connectivity index (χ3v) is 4.34. The number of guanidine groups is 1. The van der Waals surface area contributed by atoms with Crippen molar-refractivity contribution in [2.45, 2.75) is 53.2 Å². The molecular formula is C21H33N5O. The van der Waals surface area contributed by atoms with Crippen molar-refractivity contribution in [1.82, 2.24) is 20.4 Å². The van der Waals surface area contributed by atoms with Crippen LogP contribution in [0.3, 0.4) is 0 Å². The normalized spacial score (nSPS) is 12.7. The Labute approximate surface area is 163 Å². The van der Waals surface area contributed by atoms with E-state index < -0.39 is 0 Å². The van der Waals surface area contributed by atoms with Crippen LogP contribution in [0.2, 0.25) is 0 Å². The first kappa shape index (κ1) is 20.8. The van der Waals surface area contributed by atoms with Gasteiger partial charge in [-0.05, 0) is 50.8 Å². The number of hydrogen-bond acceptors (Lipinski definition) is 3. The highest BCUT2D eigenvalue weighted by Gasteiger charge is 2.08. The Kier molecular flexibility index (Phi) is 8.17.